The lowest BCUT2D eigenvalue weighted by atomic mass is 10.1. The number of benzene rings is 2. The average Bonchev–Trinajstić information content (AvgIpc) is 3.15. The summed E-state index contributed by atoms with van der Waals surface area (Å²) in [4.78, 5) is 16.3. The number of likely N-dealkylation sites (tertiary alicyclic amines) is 1. The van der Waals surface area contributed by atoms with Crippen molar-refractivity contribution in [2.24, 2.45) is 0 Å². The molecule has 0 aliphatic carbocycles. The largest absolute Gasteiger partial charge is 0.383 e. The first-order valence-electron chi connectivity index (χ1n) is 10.2. The van der Waals surface area contributed by atoms with E-state index >= 15 is 0 Å². The number of carbonyl (C=O) groups excluding carboxylic acids is 1. The smallest absolute Gasteiger partial charge is 0.237 e. The van der Waals surface area contributed by atoms with Gasteiger partial charge in [0.2, 0.25) is 5.91 Å². The molecule has 1 saturated heterocycles. The molecule has 0 radical (unpaired) electrons. The maximum absolute atomic E-state index is 12.8. The lowest BCUT2D eigenvalue weighted by molar-refractivity contribution is -0.125. The fourth-order valence-electron chi connectivity index (χ4n) is 3.77. The van der Waals surface area contributed by atoms with E-state index in [1.165, 1.54) is 10.5 Å². The molecular weight excluding hydrogens is 418 g/mol. The van der Waals surface area contributed by atoms with Gasteiger partial charge in [-0.25, -0.2) is 0 Å². The molecule has 7 heteroatoms. The van der Waals surface area contributed by atoms with Crippen molar-refractivity contribution < 1.29 is 9.53 Å². The molecule has 2 aromatic rings. The molecule has 0 spiro atoms. The fourth-order valence-corrected chi connectivity index (χ4v) is 4.39. The van der Waals surface area contributed by atoms with Gasteiger partial charge < -0.3 is 15.4 Å². The fraction of sp³-hybridized carbons (Fsp3) is 0.435. The van der Waals surface area contributed by atoms with E-state index in [4.69, 9.17) is 16.3 Å². The van der Waals surface area contributed by atoms with Crippen LogP contribution >= 0.6 is 23.4 Å². The summed E-state index contributed by atoms with van der Waals surface area (Å²) in [5.74, 6) is 0.0581. The van der Waals surface area contributed by atoms with Crippen LogP contribution in [0.1, 0.15) is 17.5 Å². The van der Waals surface area contributed by atoms with E-state index in [0.717, 1.165) is 30.1 Å². The molecule has 30 heavy (non-hydrogen) atoms. The zero-order valence-corrected chi connectivity index (χ0v) is 19.1. The summed E-state index contributed by atoms with van der Waals surface area (Å²) >= 11 is 7.90. The number of halogens is 1. The number of methoxy groups -OCH3 is 1. The van der Waals surface area contributed by atoms with Gasteiger partial charge in [-0.15, -0.1) is 11.8 Å². The maximum Gasteiger partial charge on any atom is 0.237 e. The minimum atomic E-state index is -0.169. The monoisotopic (exact) mass is 447 g/mol. The highest BCUT2D eigenvalue weighted by Gasteiger charge is 2.36. The zero-order chi connectivity index (χ0) is 21.3. The summed E-state index contributed by atoms with van der Waals surface area (Å²) in [6.07, 6.45) is 2.86. The molecule has 0 aromatic heterocycles. The molecule has 1 amide bonds. The van der Waals surface area contributed by atoms with Gasteiger partial charge in [0.25, 0.3) is 0 Å². The maximum atomic E-state index is 12.8. The first kappa shape index (κ1) is 23.1. The quantitative estimate of drug-likeness (QED) is 0.431. The SMILES string of the molecule is COCCNC(=O)[C@@H]1C[C@@H](NCc2ccc(SC)cc2)CN1Cc1cccc(Cl)c1. The van der Waals surface area contributed by atoms with Gasteiger partial charge >= 0.3 is 0 Å². The molecule has 3 rings (SSSR count). The normalized spacial score (nSPS) is 19.2. The minimum Gasteiger partial charge on any atom is -0.383 e. The van der Waals surface area contributed by atoms with E-state index in [9.17, 15) is 4.79 Å². The lowest BCUT2D eigenvalue weighted by Crippen LogP contribution is -2.43. The summed E-state index contributed by atoms with van der Waals surface area (Å²) in [6.45, 7) is 3.35. The van der Waals surface area contributed by atoms with Crippen LogP contribution in [-0.4, -0.2) is 56.0 Å². The van der Waals surface area contributed by atoms with Crippen molar-refractivity contribution in [3.05, 3.63) is 64.7 Å². The van der Waals surface area contributed by atoms with Crippen molar-refractivity contribution in [1.82, 2.24) is 15.5 Å². The van der Waals surface area contributed by atoms with Crippen LogP contribution < -0.4 is 10.6 Å². The van der Waals surface area contributed by atoms with Crippen molar-refractivity contribution >= 4 is 29.3 Å². The van der Waals surface area contributed by atoms with Crippen LogP contribution in [0.15, 0.2) is 53.4 Å². The minimum absolute atomic E-state index is 0.0581. The third kappa shape index (κ3) is 6.72. The standard InChI is InChI=1S/C23H30ClN3O2S/c1-29-11-10-25-23(28)22-13-20(26-14-17-6-8-21(30-2)9-7-17)16-27(22)15-18-4-3-5-19(24)12-18/h3-9,12,20,22,26H,10-11,13-16H2,1-2H3,(H,25,28)/t20-,22+/m1/s1. The lowest BCUT2D eigenvalue weighted by Gasteiger charge is -2.23. The Balaban J connectivity index is 1.62. The molecule has 0 saturated carbocycles. The van der Waals surface area contributed by atoms with E-state index in [-0.39, 0.29) is 18.0 Å². The molecule has 2 atom stereocenters. The highest BCUT2D eigenvalue weighted by atomic mass is 35.5. The number of hydrogen-bond acceptors (Lipinski definition) is 5. The van der Waals surface area contributed by atoms with Crippen LogP contribution in [0.2, 0.25) is 5.02 Å². The number of rotatable bonds is 10. The van der Waals surface area contributed by atoms with Crippen LogP contribution in [0.25, 0.3) is 0 Å². The van der Waals surface area contributed by atoms with E-state index in [0.29, 0.717) is 19.7 Å². The van der Waals surface area contributed by atoms with Gasteiger partial charge in [-0.1, -0.05) is 35.9 Å². The van der Waals surface area contributed by atoms with Crippen LogP contribution in [0.5, 0.6) is 0 Å². The summed E-state index contributed by atoms with van der Waals surface area (Å²) in [7, 11) is 1.64. The molecule has 0 bridgehead atoms. The third-order valence-electron chi connectivity index (χ3n) is 5.34. The first-order chi connectivity index (χ1) is 14.6. The summed E-state index contributed by atoms with van der Waals surface area (Å²) in [5, 5.41) is 7.35. The Kier molecular flexibility index (Phi) is 9.03. The molecule has 162 valence electrons. The van der Waals surface area contributed by atoms with Crippen molar-refractivity contribution in [3.63, 3.8) is 0 Å². The average molecular weight is 448 g/mol. The van der Waals surface area contributed by atoms with Gasteiger partial charge in [0.05, 0.1) is 12.6 Å². The summed E-state index contributed by atoms with van der Waals surface area (Å²) in [5.41, 5.74) is 2.37. The van der Waals surface area contributed by atoms with Crippen molar-refractivity contribution in [1.29, 1.82) is 0 Å². The summed E-state index contributed by atoms with van der Waals surface area (Å²) < 4.78 is 5.06. The molecule has 1 aliphatic heterocycles. The Morgan fingerprint density at radius 1 is 1.23 bits per heavy atom. The number of nitrogens with one attached hydrogen (secondary N) is 2. The predicted octanol–water partition coefficient (Wildman–Crippen LogP) is 3.56. The number of amides is 1. The molecule has 1 fully saturated rings. The van der Waals surface area contributed by atoms with Crippen LogP contribution in [0, 0.1) is 0 Å². The van der Waals surface area contributed by atoms with E-state index in [1.807, 2.05) is 18.2 Å². The second-order valence-electron chi connectivity index (χ2n) is 7.52. The highest BCUT2D eigenvalue weighted by Crippen LogP contribution is 2.23. The topological polar surface area (TPSA) is 53.6 Å². The first-order valence-corrected chi connectivity index (χ1v) is 11.8. The van der Waals surface area contributed by atoms with Crippen molar-refractivity contribution in [2.45, 2.75) is 36.5 Å². The van der Waals surface area contributed by atoms with E-state index in [2.05, 4.69) is 52.1 Å². The van der Waals surface area contributed by atoms with Crippen LogP contribution in [0.4, 0.5) is 0 Å². The van der Waals surface area contributed by atoms with Gasteiger partial charge in [-0.2, -0.15) is 0 Å². The third-order valence-corrected chi connectivity index (χ3v) is 6.32. The number of thioether (sulfide) groups is 1. The molecule has 2 N–H and O–H groups in total. The predicted molar refractivity (Wildman–Crippen MR) is 124 cm³/mol. The summed E-state index contributed by atoms with van der Waals surface area (Å²) in [6, 6.07) is 16.5. The molecule has 2 aromatic carbocycles. The second-order valence-corrected chi connectivity index (χ2v) is 8.84. The van der Waals surface area contributed by atoms with Crippen molar-refractivity contribution in [2.75, 3.05) is 33.1 Å². The number of nitrogens with zero attached hydrogens (tertiary/aromatic N) is 1. The Morgan fingerprint density at radius 3 is 2.73 bits per heavy atom. The zero-order valence-electron chi connectivity index (χ0n) is 17.6. The number of hydrogen-bond donors (Lipinski definition) is 2. The van der Waals surface area contributed by atoms with Gasteiger partial charge in [0.1, 0.15) is 0 Å². The molecule has 1 heterocycles. The molecule has 1 aliphatic rings. The molecular formula is C23H30ClN3O2S. The Hall–Kier alpha value is -1.57. The van der Waals surface area contributed by atoms with Crippen molar-refractivity contribution in [3.8, 4) is 0 Å². The molecule has 0 unspecified atom stereocenters. The van der Waals surface area contributed by atoms with Crippen LogP contribution in [0.3, 0.4) is 0 Å². The Bertz CT molecular complexity index is 818. The van der Waals surface area contributed by atoms with Gasteiger partial charge in [0, 0.05) is 49.2 Å². The number of ether oxygens (including phenoxy) is 1. The Labute approximate surface area is 188 Å². The van der Waals surface area contributed by atoms with E-state index in [1.54, 1.807) is 18.9 Å². The van der Waals surface area contributed by atoms with E-state index < -0.39 is 0 Å². The Morgan fingerprint density at radius 2 is 2.03 bits per heavy atom. The highest BCUT2D eigenvalue weighted by molar-refractivity contribution is 7.98. The van der Waals surface area contributed by atoms with Gasteiger partial charge in [-0.3, -0.25) is 9.69 Å². The number of carbonyl (C=O) groups is 1. The van der Waals surface area contributed by atoms with Crippen LogP contribution in [-0.2, 0) is 22.6 Å². The van der Waals surface area contributed by atoms with Gasteiger partial charge in [-0.05, 0) is 48.1 Å². The molecule has 5 nitrogen and oxygen atoms in total. The van der Waals surface area contributed by atoms with Gasteiger partial charge in [0.15, 0.2) is 0 Å². The second kappa shape index (κ2) is 11.7.